The lowest BCUT2D eigenvalue weighted by Gasteiger charge is -2.03. The zero-order chi connectivity index (χ0) is 16.4. The van der Waals surface area contributed by atoms with E-state index in [0.29, 0.717) is 15.4 Å². The van der Waals surface area contributed by atoms with Gasteiger partial charge in [-0.3, -0.25) is 0 Å². The highest BCUT2D eigenvalue weighted by molar-refractivity contribution is 7.99. The summed E-state index contributed by atoms with van der Waals surface area (Å²) in [5, 5.41) is 3.33. The molecule has 0 spiro atoms. The number of halogens is 4. The third-order valence-electron chi connectivity index (χ3n) is 2.73. The number of alkyl halides is 3. The van der Waals surface area contributed by atoms with Crippen LogP contribution in [0, 0.1) is 11.9 Å². The van der Waals surface area contributed by atoms with Crippen molar-refractivity contribution in [2.75, 3.05) is 0 Å². The lowest BCUT2D eigenvalue weighted by Crippen LogP contribution is -2.04. The molecular formula is C15H7F4N2OS. The molecule has 0 aliphatic rings. The molecule has 0 atom stereocenters. The number of benzene rings is 2. The second kappa shape index (κ2) is 6.04. The predicted molar refractivity (Wildman–Crippen MR) is 74.1 cm³/mol. The van der Waals surface area contributed by atoms with Crippen molar-refractivity contribution in [2.45, 2.75) is 16.0 Å². The number of nitrogens with zero attached hydrogens (tertiary/aromatic N) is 2. The molecule has 0 aliphatic heterocycles. The van der Waals surface area contributed by atoms with Crippen molar-refractivity contribution in [3.05, 3.63) is 60.2 Å². The Hall–Kier alpha value is -2.35. The summed E-state index contributed by atoms with van der Waals surface area (Å²) < 4.78 is 54.8. The van der Waals surface area contributed by atoms with E-state index in [-0.39, 0.29) is 11.6 Å². The van der Waals surface area contributed by atoms with Gasteiger partial charge in [0.1, 0.15) is 5.82 Å². The molecule has 3 rings (SSSR count). The smallest absolute Gasteiger partial charge is 0.329 e. The summed E-state index contributed by atoms with van der Waals surface area (Å²) in [7, 11) is 0. The lowest BCUT2D eigenvalue weighted by molar-refractivity contribution is -0.159. The standard InChI is InChI=1S/C15H7F4N2OS/c16-10-4-2-6-12(8-10)23-11-5-1-3-9(7-11)13-20-14(22-21-13)15(17,18)19/h1-4,6-8H. The van der Waals surface area contributed by atoms with Gasteiger partial charge in [0.15, 0.2) is 0 Å². The minimum atomic E-state index is -4.69. The van der Waals surface area contributed by atoms with E-state index in [1.54, 1.807) is 18.2 Å². The third kappa shape index (κ3) is 3.70. The van der Waals surface area contributed by atoms with Crippen LogP contribution in [0.25, 0.3) is 11.4 Å². The summed E-state index contributed by atoms with van der Waals surface area (Å²) in [4.78, 5) is 4.56. The summed E-state index contributed by atoms with van der Waals surface area (Å²) in [5.74, 6) is -1.95. The molecule has 0 N–H and O–H groups in total. The van der Waals surface area contributed by atoms with Gasteiger partial charge in [0.05, 0.1) is 0 Å². The minimum Gasteiger partial charge on any atom is -0.329 e. The third-order valence-corrected chi connectivity index (χ3v) is 3.67. The molecule has 0 saturated carbocycles. The highest BCUT2D eigenvalue weighted by atomic mass is 32.2. The zero-order valence-electron chi connectivity index (χ0n) is 11.3. The Labute approximate surface area is 132 Å². The molecule has 0 aliphatic carbocycles. The molecule has 3 nitrogen and oxygen atoms in total. The van der Waals surface area contributed by atoms with Crippen LogP contribution >= 0.6 is 11.8 Å². The highest BCUT2D eigenvalue weighted by Gasteiger charge is 2.38. The topological polar surface area (TPSA) is 38.9 Å². The first-order valence-corrected chi connectivity index (χ1v) is 7.10. The lowest BCUT2D eigenvalue weighted by atomic mass is 10.2. The molecule has 23 heavy (non-hydrogen) atoms. The van der Waals surface area contributed by atoms with E-state index in [4.69, 9.17) is 0 Å². The monoisotopic (exact) mass is 339 g/mol. The number of aromatic nitrogens is 2. The molecule has 8 heteroatoms. The molecule has 1 radical (unpaired) electrons. The van der Waals surface area contributed by atoms with E-state index in [2.05, 4.69) is 20.7 Å². The summed E-state index contributed by atoms with van der Waals surface area (Å²) in [5.41, 5.74) is 0.349. The van der Waals surface area contributed by atoms with Crippen LogP contribution in [0.3, 0.4) is 0 Å². The van der Waals surface area contributed by atoms with Crippen LogP contribution in [0.2, 0.25) is 0 Å². The number of hydrogen-bond acceptors (Lipinski definition) is 4. The molecule has 0 saturated heterocycles. The van der Waals surface area contributed by atoms with Gasteiger partial charge < -0.3 is 4.52 Å². The SMILES string of the molecule is Fc1cccc(Sc2[c]ccc(-c3noc(C(F)(F)F)n3)c2)c1. The summed E-state index contributed by atoms with van der Waals surface area (Å²) in [6.45, 7) is 0. The fourth-order valence-corrected chi connectivity index (χ4v) is 2.64. The first kappa shape index (κ1) is 15.5. The molecule has 3 aromatic rings. The van der Waals surface area contributed by atoms with E-state index in [9.17, 15) is 17.6 Å². The maximum absolute atomic E-state index is 13.2. The van der Waals surface area contributed by atoms with Crippen molar-refractivity contribution in [1.29, 1.82) is 0 Å². The van der Waals surface area contributed by atoms with Crippen LogP contribution in [0.15, 0.2) is 56.8 Å². The molecule has 0 bridgehead atoms. The van der Waals surface area contributed by atoms with Gasteiger partial charge in [-0.25, -0.2) is 4.39 Å². The van der Waals surface area contributed by atoms with Gasteiger partial charge in [0, 0.05) is 15.4 Å². The van der Waals surface area contributed by atoms with Gasteiger partial charge in [0.2, 0.25) is 5.82 Å². The van der Waals surface area contributed by atoms with E-state index >= 15 is 0 Å². The van der Waals surface area contributed by atoms with Crippen molar-refractivity contribution in [1.82, 2.24) is 10.1 Å². The van der Waals surface area contributed by atoms with Gasteiger partial charge >= 0.3 is 12.1 Å². The van der Waals surface area contributed by atoms with Gasteiger partial charge in [-0.15, -0.1) is 0 Å². The van der Waals surface area contributed by atoms with Crippen molar-refractivity contribution in [3.63, 3.8) is 0 Å². The van der Waals surface area contributed by atoms with Crippen LogP contribution in [-0.2, 0) is 6.18 Å². The van der Waals surface area contributed by atoms with Crippen LogP contribution in [0.4, 0.5) is 17.6 Å². The predicted octanol–water partition coefficient (Wildman–Crippen LogP) is 4.85. The van der Waals surface area contributed by atoms with Gasteiger partial charge in [0.25, 0.3) is 0 Å². The van der Waals surface area contributed by atoms with Crippen molar-refractivity contribution in [3.8, 4) is 11.4 Å². The second-order valence-electron chi connectivity index (χ2n) is 4.42. The average molecular weight is 339 g/mol. The van der Waals surface area contributed by atoms with Gasteiger partial charge in [-0.05, 0) is 30.3 Å². The van der Waals surface area contributed by atoms with Crippen LogP contribution in [0.5, 0.6) is 0 Å². The molecule has 0 fully saturated rings. The molecule has 1 aromatic heterocycles. The quantitative estimate of drug-likeness (QED) is 0.640. The Balaban J connectivity index is 1.86. The first-order chi connectivity index (χ1) is 10.9. The molecule has 1 heterocycles. The van der Waals surface area contributed by atoms with Crippen molar-refractivity contribution < 1.29 is 22.1 Å². The van der Waals surface area contributed by atoms with Crippen molar-refractivity contribution >= 4 is 11.8 Å². The van der Waals surface area contributed by atoms with E-state index in [1.165, 1.54) is 36.0 Å². The molecule has 0 unspecified atom stereocenters. The Bertz CT molecular complexity index is 832. The van der Waals surface area contributed by atoms with E-state index < -0.39 is 12.1 Å². The molecule has 2 aromatic carbocycles. The molecule has 0 amide bonds. The number of rotatable bonds is 3. The Kier molecular flexibility index (Phi) is 4.08. The maximum Gasteiger partial charge on any atom is 0.471 e. The zero-order valence-corrected chi connectivity index (χ0v) is 12.1. The summed E-state index contributed by atoms with van der Waals surface area (Å²) in [6.07, 6.45) is -4.69. The second-order valence-corrected chi connectivity index (χ2v) is 5.54. The summed E-state index contributed by atoms with van der Waals surface area (Å²) >= 11 is 1.22. The van der Waals surface area contributed by atoms with E-state index in [1.807, 2.05) is 0 Å². The largest absolute Gasteiger partial charge is 0.471 e. The fourth-order valence-electron chi connectivity index (χ4n) is 1.76. The van der Waals surface area contributed by atoms with Crippen LogP contribution in [0.1, 0.15) is 5.89 Å². The molecule has 117 valence electrons. The maximum atomic E-state index is 13.2. The number of hydrogen-bond donors (Lipinski definition) is 0. The Morgan fingerprint density at radius 1 is 1.13 bits per heavy atom. The van der Waals surface area contributed by atoms with Crippen molar-refractivity contribution in [2.24, 2.45) is 0 Å². The first-order valence-electron chi connectivity index (χ1n) is 6.28. The van der Waals surface area contributed by atoms with Gasteiger partial charge in [-0.2, -0.15) is 18.2 Å². The summed E-state index contributed by atoms with van der Waals surface area (Å²) in [6, 6.07) is 13.5. The van der Waals surface area contributed by atoms with Crippen LogP contribution < -0.4 is 0 Å². The van der Waals surface area contributed by atoms with Crippen LogP contribution in [-0.4, -0.2) is 10.1 Å². The average Bonchev–Trinajstić information content (AvgIpc) is 2.97. The fraction of sp³-hybridized carbons (Fsp3) is 0.0667. The Morgan fingerprint density at radius 2 is 1.96 bits per heavy atom. The van der Waals surface area contributed by atoms with E-state index in [0.717, 1.165) is 0 Å². The minimum absolute atomic E-state index is 0.174. The highest BCUT2D eigenvalue weighted by Crippen LogP contribution is 2.32. The normalized spacial score (nSPS) is 11.7. The Morgan fingerprint density at radius 3 is 2.65 bits per heavy atom. The molecular weight excluding hydrogens is 332 g/mol. The van der Waals surface area contributed by atoms with Gasteiger partial charge in [-0.1, -0.05) is 35.1 Å².